The average molecular weight is 2110 g/mol. The topological polar surface area (TPSA) is 583 Å². The molecule has 13 N–H and O–H groups in total. The van der Waals surface area contributed by atoms with Crippen molar-refractivity contribution in [2.45, 2.75) is 127 Å². The zero-order valence-electron chi connectivity index (χ0n) is 81.6. The van der Waals surface area contributed by atoms with Crippen molar-refractivity contribution in [3.05, 3.63) is 321 Å². The molecule has 0 saturated carbocycles. The van der Waals surface area contributed by atoms with Crippen LogP contribution in [0.2, 0.25) is 0 Å². The summed E-state index contributed by atoms with van der Waals surface area (Å²) < 4.78 is 110. The van der Waals surface area contributed by atoms with Crippen LogP contribution in [0.5, 0.6) is 0 Å². The molecule has 0 aromatic heterocycles. The van der Waals surface area contributed by atoms with Crippen molar-refractivity contribution in [3.8, 4) is 0 Å². The smallest absolute Gasteiger partial charge is 0.419 e. The average Bonchev–Trinajstić information content (AvgIpc) is 0.839. The van der Waals surface area contributed by atoms with Gasteiger partial charge >= 0.3 is 101 Å². The Labute approximate surface area is 867 Å². The summed E-state index contributed by atoms with van der Waals surface area (Å²) in [7, 11) is 0. The number of benzene rings is 10. The molecular formula is C106H116N8O34S2. The van der Waals surface area contributed by atoms with E-state index in [0.29, 0.717) is 95.6 Å². The minimum Gasteiger partial charge on any atom is -0.478 e. The van der Waals surface area contributed by atoms with E-state index in [0.717, 1.165) is 62.6 Å². The van der Waals surface area contributed by atoms with E-state index in [2.05, 4.69) is 51.4 Å². The second kappa shape index (κ2) is 63.1. The molecule has 42 nitrogen and oxygen atoms in total. The van der Waals surface area contributed by atoms with Gasteiger partial charge in [0.25, 0.3) is 0 Å². The molecule has 0 heterocycles. The van der Waals surface area contributed by atoms with Gasteiger partial charge < -0.3 is 72.2 Å². The summed E-state index contributed by atoms with van der Waals surface area (Å²) in [6.45, 7) is -1.08. The lowest BCUT2D eigenvalue weighted by molar-refractivity contribution is -0.160. The molecule has 5 atom stereocenters. The van der Waals surface area contributed by atoms with Gasteiger partial charge in [0, 0.05) is 53.4 Å². The fourth-order valence-corrected chi connectivity index (χ4v) is 14.9. The molecule has 796 valence electrons. The molecule has 6 amide bonds. The van der Waals surface area contributed by atoms with Crippen molar-refractivity contribution in [1.82, 2.24) is 11.0 Å². The number of carboxylic acid groups (broad SMARTS) is 1. The van der Waals surface area contributed by atoms with Crippen LogP contribution in [-0.2, 0) is 179 Å². The molecule has 0 aliphatic heterocycles. The number of hydrogen-bond donors (Lipinski definition) is 13. The number of carbonyl (C=O) groups excluding carboxylic acids is 12. The molecule has 0 saturated heterocycles. The van der Waals surface area contributed by atoms with Crippen LogP contribution in [0, 0.1) is 0 Å². The summed E-state index contributed by atoms with van der Waals surface area (Å²) in [4.78, 5) is 165. The van der Waals surface area contributed by atoms with Crippen molar-refractivity contribution in [3.63, 3.8) is 0 Å². The van der Waals surface area contributed by atoms with Gasteiger partial charge in [0.05, 0.1) is 78.4 Å². The fraction of sp³-hybridized carbons (Fsp3) is 0.311. The second-order valence-corrected chi connectivity index (χ2v) is 35.2. The van der Waals surface area contributed by atoms with Crippen LogP contribution in [0.1, 0.15) is 130 Å². The van der Waals surface area contributed by atoms with Gasteiger partial charge in [-0.3, -0.25) is 69.8 Å². The highest BCUT2D eigenvalue weighted by Crippen LogP contribution is 2.26. The van der Waals surface area contributed by atoms with E-state index in [1.165, 1.54) is 0 Å². The fourth-order valence-electron chi connectivity index (χ4n) is 14.5. The van der Waals surface area contributed by atoms with Gasteiger partial charge in [0.2, 0.25) is 5.60 Å². The predicted octanol–water partition coefficient (Wildman–Crippen LogP) is 13.8. The molecule has 0 radical (unpaired) electrons. The van der Waals surface area contributed by atoms with E-state index in [-0.39, 0.29) is 136 Å². The maximum Gasteiger partial charge on any atom is 0.419 e. The molecule has 150 heavy (non-hydrogen) atoms. The van der Waals surface area contributed by atoms with Crippen LogP contribution in [0.15, 0.2) is 243 Å². The number of aliphatic carboxylic acids is 1. The number of rotatable bonds is 60. The van der Waals surface area contributed by atoms with Crippen LogP contribution in [0.25, 0.3) is 0 Å². The minimum absolute atomic E-state index is 0.00412. The lowest BCUT2D eigenvalue weighted by Crippen LogP contribution is -2.46. The van der Waals surface area contributed by atoms with Crippen molar-refractivity contribution in [1.29, 1.82) is 0 Å². The van der Waals surface area contributed by atoms with Crippen LogP contribution >= 0.6 is 0 Å². The Balaban J connectivity index is 0.512. The Morgan fingerprint density at radius 2 is 0.567 bits per heavy atom. The quantitative estimate of drug-likeness (QED) is 0.00420. The highest BCUT2D eigenvalue weighted by Gasteiger charge is 2.40. The Kier molecular flexibility index (Phi) is 48.8. The molecule has 5 unspecified atom stereocenters. The molecule has 44 heteroatoms. The number of unbranched alkanes of at least 4 members (excludes halogenated alkanes) is 2. The Morgan fingerprint density at radius 1 is 0.293 bits per heavy atom. The Morgan fingerprint density at radius 3 is 0.927 bits per heavy atom. The Hall–Kier alpha value is -15.8. The van der Waals surface area contributed by atoms with Crippen molar-refractivity contribution in [2.75, 3.05) is 118 Å². The van der Waals surface area contributed by atoms with Gasteiger partial charge in [-0.05, 0) is 215 Å². The van der Waals surface area contributed by atoms with Crippen LogP contribution in [0.3, 0.4) is 0 Å². The van der Waals surface area contributed by atoms with E-state index < -0.39 is 132 Å². The standard InChI is InChI=1S/C106H116N8O34S2/c1-106(99(123)124,146-105(130)114-90-36-15-30-80(61-90)55-79-29-13-33-87(59-79)111-102(127)143-69-92(116)67-108-148-150(133)134)70-144-103(128)112-88-34-10-25-75(56-88)48-73-19-8-22-82(52-73)62-95(119)136-39-4-5-40-140-100(125)109-85-31-11-27-77(57-85)54-78-28-12-32-86(58-78)110-101(126)141-46-44-135-43-45-139-93(117)37-2-3-38-94(118)145-104(129)113-89-35-14-26-76(60-89)49-74-20-9-23-83(53-74)64-97(121)138-42-16-41-137-96(120)63-81-21-6-17-71(50-81)47-72-18-7-24-84(51-72)65-98(122)142-68-91(115)66-107-147-149(131)132/h6-15,17-36,50-53,56-61,91-92,107-108,115-116H,2-5,16,37-49,54-55,62-70H2,1H3,(H,109,125)(H,110,126)(H,111,127)(H,112,128)(H,113,129)(H,114,130)(H,123,124)(H,131,132)(H,133,134). The van der Waals surface area contributed by atoms with Gasteiger partial charge in [-0.25, -0.2) is 33.6 Å². The number of ether oxygens (including phenoxy) is 12. The number of esters is 6. The number of hydrogen-bond acceptors (Lipinski definition) is 33. The highest BCUT2D eigenvalue weighted by atomic mass is 32.2. The third-order valence-corrected chi connectivity index (χ3v) is 22.0. The molecule has 0 spiro atoms. The molecule has 0 bridgehead atoms. The van der Waals surface area contributed by atoms with Crippen molar-refractivity contribution >= 4 is 135 Å². The van der Waals surface area contributed by atoms with E-state index in [9.17, 15) is 86.1 Å². The predicted molar refractivity (Wildman–Crippen MR) is 544 cm³/mol. The van der Waals surface area contributed by atoms with Crippen molar-refractivity contribution in [2.24, 2.45) is 0 Å². The highest BCUT2D eigenvalue weighted by molar-refractivity contribution is 7.74. The Bertz CT molecular complexity index is 6270. The number of anilines is 6. The summed E-state index contributed by atoms with van der Waals surface area (Å²) in [5.41, 5.74) is 15.1. The zero-order valence-corrected chi connectivity index (χ0v) is 83.3. The second-order valence-electron chi connectivity index (χ2n) is 34.0. The van der Waals surface area contributed by atoms with E-state index in [1.807, 2.05) is 97.1 Å². The van der Waals surface area contributed by atoms with E-state index >= 15 is 0 Å². The summed E-state index contributed by atoms with van der Waals surface area (Å²) in [6, 6.07) is 70.7. The molecular weight excluding hydrogens is 1990 g/mol. The van der Waals surface area contributed by atoms with Crippen LogP contribution < -0.4 is 42.9 Å². The maximum atomic E-state index is 13.1. The number of aliphatic hydroxyl groups excluding tert-OH is 2. The first-order valence-corrected chi connectivity index (χ1v) is 49.5. The number of nitrogens with one attached hydrogen (secondary N) is 8. The summed E-state index contributed by atoms with van der Waals surface area (Å²) >= 11 is -5.16. The molecule has 0 fully saturated rings. The zero-order chi connectivity index (χ0) is 107. The number of amides is 6. The van der Waals surface area contributed by atoms with E-state index in [1.54, 1.807) is 146 Å². The van der Waals surface area contributed by atoms with Gasteiger partial charge in [-0.15, -0.1) is 0 Å². The third kappa shape index (κ3) is 46.5. The summed E-state index contributed by atoms with van der Waals surface area (Å²) in [5, 5.41) is 45.4. The van der Waals surface area contributed by atoms with Gasteiger partial charge in [-0.2, -0.15) is 27.9 Å². The maximum absolute atomic E-state index is 13.1. The first-order chi connectivity index (χ1) is 72.3. The first-order valence-electron chi connectivity index (χ1n) is 47.4. The number of aliphatic hydroxyl groups is 2. The summed E-state index contributed by atoms with van der Waals surface area (Å²) in [5.74, 6) is -4.88. The summed E-state index contributed by atoms with van der Waals surface area (Å²) in [6.07, 6.45) is -4.35. The molecule has 0 aliphatic carbocycles. The normalized spacial score (nSPS) is 12.1. The van der Waals surface area contributed by atoms with Gasteiger partial charge in [-0.1, -0.05) is 170 Å². The number of hydroxylamine groups is 2. The third-order valence-electron chi connectivity index (χ3n) is 21.5. The molecule has 10 aromatic carbocycles. The largest absolute Gasteiger partial charge is 0.478 e. The minimum atomic E-state index is -2.60. The van der Waals surface area contributed by atoms with Gasteiger partial charge in [0.15, 0.2) is 0 Å². The number of carbonyl (C=O) groups is 13. The lowest BCUT2D eigenvalue weighted by Gasteiger charge is -2.24. The SMILES string of the molecule is CC(COC(=O)Nc1cccc(Cc2cccc(CC(=O)OCCCCOC(=O)Nc3cccc(Cc4cccc(NC(=O)OCCOCCOC(=O)CCCCC(=O)OC(=O)Nc5cccc(Cc6cccc(CC(=O)OCCCOC(=O)Cc7cccc(Cc8cccc(CC(=O)OCC(O)CNOS(=O)O)c8)c7)c6)c5)c4)c3)c2)c1)(OC(=O)Nc1cccc(Cc2cccc(NC(=O)OCC(O)CNOS(=O)O)c2)c1)C(=O)O. The molecule has 10 rings (SSSR count). The van der Waals surface area contributed by atoms with Crippen molar-refractivity contribution < 1.29 is 161 Å². The monoisotopic (exact) mass is 2110 g/mol. The van der Waals surface area contributed by atoms with E-state index in [4.69, 9.17) is 65.9 Å². The van der Waals surface area contributed by atoms with Crippen LogP contribution in [-0.4, -0.2) is 215 Å². The molecule has 0 aliphatic rings. The van der Waals surface area contributed by atoms with Gasteiger partial charge in [0.1, 0.15) is 45.2 Å². The lowest BCUT2D eigenvalue weighted by atomic mass is 9.99. The van der Waals surface area contributed by atoms with Crippen LogP contribution in [0.4, 0.5) is 62.9 Å². The molecule has 10 aromatic rings. The number of carboxylic acids is 1. The first kappa shape index (κ1) is 116.